The Kier molecular flexibility index (Phi) is 2.42. The summed E-state index contributed by atoms with van der Waals surface area (Å²) in [5, 5.41) is 8.68. The largest absolute Gasteiger partial charge is 0.478 e. The van der Waals surface area contributed by atoms with Gasteiger partial charge in [-0.3, -0.25) is 0 Å². The second-order valence-corrected chi connectivity index (χ2v) is 4.13. The van der Waals surface area contributed by atoms with Crippen molar-refractivity contribution in [2.24, 2.45) is 0 Å². The maximum absolute atomic E-state index is 10.6. The summed E-state index contributed by atoms with van der Waals surface area (Å²) in [4.78, 5) is 10.6. The standard InChI is InChI=1S/C11H9BrO2/c12-10-3-1-2-8-7(6-11(13)14)4-5-9(8)10/h1-3,6H,4-5H2,(H,13,14)/b7-6-. The average Bonchev–Trinajstić information content (AvgIpc) is 2.49. The highest BCUT2D eigenvalue weighted by atomic mass is 79.9. The smallest absolute Gasteiger partial charge is 0.328 e. The number of aliphatic carboxylic acids is 1. The zero-order chi connectivity index (χ0) is 10.1. The van der Waals surface area contributed by atoms with E-state index < -0.39 is 5.97 Å². The molecular weight excluding hydrogens is 244 g/mol. The molecule has 1 aromatic rings. The van der Waals surface area contributed by atoms with Crippen LogP contribution in [0.1, 0.15) is 17.5 Å². The Bertz CT molecular complexity index is 421. The van der Waals surface area contributed by atoms with Crippen molar-refractivity contribution in [2.45, 2.75) is 12.8 Å². The minimum atomic E-state index is -0.868. The first-order chi connectivity index (χ1) is 6.68. The van der Waals surface area contributed by atoms with Crippen molar-refractivity contribution in [1.82, 2.24) is 0 Å². The van der Waals surface area contributed by atoms with E-state index in [-0.39, 0.29) is 0 Å². The van der Waals surface area contributed by atoms with Gasteiger partial charge in [0.1, 0.15) is 0 Å². The van der Waals surface area contributed by atoms with Crippen LogP contribution in [0, 0.1) is 0 Å². The lowest BCUT2D eigenvalue weighted by molar-refractivity contribution is -0.131. The molecule has 0 saturated heterocycles. The van der Waals surface area contributed by atoms with Gasteiger partial charge in [-0.1, -0.05) is 28.1 Å². The summed E-state index contributed by atoms with van der Waals surface area (Å²) < 4.78 is 1.07. The summed E-state index contributed by atoms with van der Waals surface area (Å²) in [6.45, 7) is 0. The van der Waals surface area contributed by atoms with Gasteiger partial charge in [0.2, 0.25) is 0 Å². The quantitative estimate of drug-likeness (QED) is 0.781. The molecular formula is C11H9BrO2. The van der Waals surface area contributed by atoms with Crippen molar-refractivity contribution in [2.75, 3.05) is 0 Å². The van der Waals surface area contributed by atoms with Gasteiger partial charge in [0, 0.05) is 10.5 Å². The van der Waals surface area contributed by atoms with Crippen LogP contribution in [-0.2, 0) is 11.2 Å². The number of hydrogen-bond acceptors (Lipinski definition) is 1. The van der Waals surface area contributed by atoms with Gasteiger partial charge >= 0.3 is 5.97 Å². The lowest BCUT2D eigenvalue weighted by Crippen LogP contribution is -1.89. The Morgan fingerprint density at radius 3 is 2.93 bits per heavy atom. The first-order valence-electron chi connectivity index (χ1n) is 4.40. The summed E-state index contributed by atoms with van der Waals surface area (Å²) in [6.07, 6.45) is 3.05. The minimum absolute atomic E-state index is 0.824. The normalized spacial score (nSPS) is 17.1. The van der Waals surface area contributed by atoms with E-state index in [0.29, 0.717) is 0 Å². The first kappa shape index (κ1) is 9.46. The zero-order valence-electron chi connectivity index (χ0n) is 7.46. The number of hydrogen-bond donors (Lipinski definition) is 1. The second kappa shape index (κ2) is 3.58. The summed E-state index contributed by atoms with van der Waals surface area (Å²) in [5.74, 6) is -0.868. The fourth-order valence-corrected chi connectivity index (χ4v) is 2.37. The van der Waals surface area contributed by atoms with Crippen molar-refractivity contribution in [3.05, 3.63) is 39.9 Å². The van der Waals surface area contributed by atoms with Gasteiger partial charge in [0.25, 0.3) is 0 Å². The third-order valence-electron chi connectivity index (χ3n) is 2.41. The van der Waals surface area contributed by atoms with Gasteiger partial charge < -0.3 is 5.11 Å². The van der Waals surface area contributed by atoms with Crippen LogP contribution in [0.5, 0.6) is 0 Å². The topological polar surface area (TPSA) is 37.3 Å². The van der Waals surface area contributed by atoms with E-state index in [2.05, 4.69) is 15.9 Å². The van der Waals surface area contributed by atoms with Crippen molar-refractivity contribution >= 4 is 27.5 Å². The first-order valence-corrected chi connectivity index (χ1v) is 5.19. The maximum atomic E-state index is 10.6. The van der Waals surface area contributed by atoms with Gasteiger partial charge in [-0.15, -0.1) is 0 Å². The number of carbonyl (C=O) groups is 1. The predicted octanol–water partition coefficient (Wildman–Crippen LogP) is 2.86. The number of allylic oxidation sites excluding steroid dienone is 1. The molecule has 0 fully saturated rings. The minimum Gasteiger partial charge on any atom is -0.478 e. The van der Waals surface area contributed by atoms with Crippen molar-refractivity contribution in [1.29, 1.82) is 0 Å². The molecule has 1 N–H and O–H groups in total. The van der Waals surface area contributed by atoms with Gasteiger partial charge in [0.15, 0.2) is 0 Å². The lowest BCUT2D eigenvalue weighted by Gasteiger charge is -2.01. The molecule has 0 atom stereocenters. The number of carboxylic acid groups (broad SMARTS) is 1. The Morgan fingerprint density at radius 1 is 1.43 bits per heavy atom. The van der Waals surface area contributed by atoms with Crippen LogP contribution < -0.4 is 0 Å². The monoisotopic (exact) mass is 252 g/mol. The summed E-state index contributed by atoms with van der Waals surface area (Å²) in [6, 6.07) is 5.90. The molecule has 14 heavy (non-hydrogen) atoms. The van der Waals surface area contributed by atoms with Crippen molar-refractivity contribution in [3.63, 3.8) is 0 Å². The molecule has 0 amide bonds. The predicted molar refractivity (Wildman–Crippen MR) is 58.1 cm³/mol. The van der Waals surface area contributed by atoms with Crippen LogP contribution in [0.15, 0.2) is 28.7 Å². The van der Waals surface area contributed by atoms with Crippen molar-refractivity contribution in [3.8, 4) is 0 Å². The number of halogens is 1. The molecule has 72 valence electrons. The lowest BCUT2D eigenvalue weighted by atomic mass is 10.1. The summed E-state index contributed by atoms with van der Waals surface area (Å²) in [5.41, 5.74) is 3.22. The van der Waals surface area contributed by atoms with Crippen molar-refractivity contribution < 1.29 is 9.90 Å². The van der Waals surface area contributed by atoms with Gasteiger partial charge in [-0.05, 0) is 35.6 Å². The number of benzene rings is 1. The molecule has 2 nitrogen and oxygen atoms in total. The third kappa shape index (κ3) is 1.60. The van der Waals surface area contributed by atoms with Gasteiger partial charge in [0.05, 0.1) is 0 Å². The third-order valence-corrected chi connectivity index (χ3v) is 3.15. The van der Waals surface area contributed by atoms with Crippen LogP contribution in [0.4, 0.5) is 0 Å². The molecule has 0 bridgehead atoms. The highest BCUT2D eigenvalue weighted by Crippen LogP contribution is 2.36. The van der Waals surface area contributed by atoms with E-state index in [1.54, 1.807) is 0 Å². The van der Waals surface area contributed by atoms with E-state index in [1.165, 1.54) is 11.6 Å². The molecule has 1 aromatic carbocycles. The molecule has 1 aliphatic carbocycles. The number of carboxylic acids is 1. The van der Waals surface area contributed by atoms with Gasteiger partial charge in [-0.25, -0.2) is 4.79 Å². The molecule has 2 rings (SSSR count). The van der Waals surface area contributed by atoms with E-state index in [4.69, 9.17) is 5.11 Å². The van der Waals surface area contributed by atoms with Crippen LogP contribution in [0.2, 0.25) is 0 Å². The average molecular weight is 253 g/mol. The van der Waals surface area contributed by atoms with Gasteiger partial charge in [-0.2, -0.15) is 0 Å². The Labute approximate surface area is 90.4 Å². The fraction of sp³-hybridized carbons (Fsp3) is 0.182. The fourth-order valence-electron chi connectivity index (χ4n) is 1.81. The molecule has 3 heteroatoms. The molecule has 0 heterocycles. The Balaban J connectivity index is 2.50. The highest BCUT2D eigenvalue weighted by Gasteiger charge is 2.18. The van der Waals surface area contributed by atoms with Crippen LogP contribution in [-0.4, -0.2) is 11.1 Å². The molecule has 0 spiro atoms. The van der Waals surface area contributed by atoms with Crippen LogP contribution >= 0.6 is 15.9 Å². The Morgan fingerprint density at radius 2 is 2.21 bits per heavy atom. The highest BCUT2D eigenvalue weighted by molar-refractivity contribution is 9.10. The molecule has 0 aromatic heterocycles. The maximum Gasteiger partial charge on any atom is 0.328 e. The molecule has 0 aliphatic heterocycles. The SMILES string of the molecule is O=C(O)/C=C1/CCc2c(Br)cccc21. The Hall–Kier alpha value is -1.09. The van der Waals surface area contributed by atoms with E-state index in [9.17, 15) is 4.79 Å². The summed E-state index contributed by atoms with van der Waals surface area (Å²) >= 11 is 3.47. The van der Waals surface area contributed by atoms with E-state index >= 15 is 0 Å². The van der Waals surface area contributed by atoms with Crippen LogP contribution in [0.25, 0.3) is 5.57 Å². The molecule has 1 aliphatic rings. The molecule has 0 saturated carbocycles. The zero-order valence-corrected chi connectivity index (χ0v) is 9.04. The second-order valence-electron chi connectivity index (χ2n) is 3.27. The molecule has 0 unspecified atom stereocenters. The number of fused-ring (bicyclic) bond motifs is 1. The molecule has 0 radical (unpaired) electrons. The number of rotatable bonds is 1. The van der Waals surface area contributed by atoms with E-state index in [0.717, 1.165) is 28.5 Å². The summed E-state index contributed by atoms with van der Waals surface area (Å²) in [7, 11) is 0. The van der Waals surface area contributed by atoms with Crippen LogP contribution in [0.3, 0.4) is 0 Å². The van der Waals surface area contributed by atoms with E-state index in [1.807, 2.05) is 18.2 Å².